The highest BCUT2D eigenvalue weighted by atomic mass is 35.5. The Kier molecular flexibility index (Phi) is 9.39. The zero-order valence-electron chi connectivity index (χ0n) is 10.8. The van der Waals surface area contributed by atoms with Gasteiger partial charge in [-0.25, -0.2) is 4.98 Å². The minimum Gasteiger partial charge on any atom is -0.345 e. The van der Waals surface area contributed by atoms with Gasteiger partial charge in [-0.3, -0.25) is 4.79 Å². The summed E-state index contributed by atoms with van der Waals surface area (Å²) >= 11 is 7.26. The average Bonchev–Trinajstić information content (AvgIpc) is 2.79. The fourth-order valence-electron chi connectivity index (χ4n) is 1.40. The number of nitrogens with zero attached hydrogens (tertiary/aromatic N) is 3. The molecule has 0 atom stereocenters. The molecular weight excluding hydrogens is 357 g/mol. The van der Waals surface area contributed by atoms with Crippen molar-refractivity contribution in [2.45, 2.75) is 13.0 Å². The molecule has 21 heavy (non-hydrogen) atoms. The molecule has 2 heterocycles. The lowest BCUT2D eigenvalue weighted by molar-refractivity contribution is 0.0946. The monoisotopic (exact) mass is 369 g/mol. The topological polar surface area (TPSA) is 93.8 Å². The Balaban J connectivity index is 0.00000200. The Morgan fingerprint density at radius 3 is 2.81 bits per heavy atom. The van der Waals surface area contributed by atoms with Crippen LogP contribution in [0.15, 0.2) is 18.3 Å². The van der Waals surface area contributed by atoms with Gasteiger partial charge in [-0.1, -0.05) is 11.6 Å². The first kappa shape index (κ1) is 20.0. The van der Waals surface area contributed by atoms with Crippen LogP contribution in [0.1, 0.15) is 21.2 Å². The number of carbonyl (C=O) groups excluding carboxylic acids is 1. The summed E-state index contributed by atoms with van der Waals surface area (Å²) in [5, 5.41) is 11.1. The van der Waals surface area contributed by atoms with Gasteiger partial charge in [0.05, 0.1) is 17.2 Å². The van der Waals surface area contributed by atoms with Gasteiger partial charge in [0, 0.05) is 12.6 Å². The Morgan fingerprint density at radius 1 is 1.43 bits per heavy atom. The van der Waals surface area contributed by atoms with E-state index in [0.29, 0.717) is 23.0 Å². The van der Waals surface area contributed by atoms with E-state index in [4.69, 9.17) is 17.3 Å². The van der Waals surface area contributed by atoms with Gasteiger partial charge in [-0.05, 0) is 18.7 Å². The minimum absolute atomic E-state index is 0. The molecule has 0 aliphatic rings. The minimum atomic E-state index is -0.324. The molecule has 0 saturated carbocycles. The molecule has 6 nitrogen and oxygen atoms in total. The molecule has 10 heteroatoms. The normalized spacial score (nSPS) is 9.43. The van der Waals surface area contributed by atoms with Gasteiger partial charge in [-0.15, -0.1) is 36.2 Å². The maximum Gasteiger partial charge on any atom is 0.272 e. The summed E-state index contributed by atoms with van der Waals surface area (Å²) in [4.78, 5) is 16.1. The molecule has 0 bridgehead atoms. The smallest absolute Gasteiger partial charge is 0.272 e. The number of carbonyl (C=O) groups is 1. The first-order valence-corrected chi connectivity index (χ1v) is 6.80. The molecule has 3 N–H and O–H groups in total. The number of thiazole rings is 1. The molecule has 0 fully saturated rings. The molecule has 2 rings (SSSR count). The van der Waals surface area contributed by atoms with E-state index in [9.17, 15) is 4.79 Å². The molecule has 2 aromatic rings. The largest absolute Gasteiger partial charge is 0.345 e. The van der Waals surface area contributed by atoms with Gasteiger partial charge in [0.1, 0.15) is 4.34 Å². The molecule has 116 valence electrons. The molecule has 0 aliphatic heterocycles. The van der Waals surface area contributed by atoms with E-state index in [-0.39, 0.29) is 43.0 Å². The lowest BCUT2D eigenvalue weighted by Crippen LogP contribution is -2.24. The summed E-state index contributed by atoms with van der Waals surface area (Å²) in [6.07, 6.45) is 2.18. The average molecular weight is 371 g/mol. The third-order valence-corrected chi connectivity index (χ3v) is 3.58. The SMILES string of the molecule is Cl.Cl.NCCc1nc(C(=O)NCc2cccnn2)c(Cl)s1. The lowest BCUT2D eigenvalue weighted by atomic mass is 10.3. The highest BCUT2D eigenvalue weighted by Gasteiger charge is 2.16. The van der Waals surface area contributed by atoms with Gasteiger partial charge in [-0.2, -0.15) is 10.2 Å². The van der Waals surface area contributed by atoms with Crippen LogP contribution >= 0.6 is 47.8 Å². The van der Waals surface area contributed by atoms with E-state index in [1.54, 1.807) is 18.3 Å². The van der Waals surface area contributed by atoms with Crippen molar-refractivity contribution in [2.24, 2.45) is 5.73 Å². The third-order valence-electron chi connectivity index (χ3n) is 2.26. The van der Waals surface area contributed by atoms with E-state index in [2.05, 4.69) is 20.5 Å². The molecule has 0 saturated heterocycles. The van der Waals surface area contributed by atoms with Crippen LogP contribution in [0.4, 0.5) is 0 Å². The van der Waals surface area contributed by atoms with Crippen LogP contribution in [0.5, 0.6) is 0 Å². The maximum atomic E-state index is 11.9. The van der Waals surface area contributed by atoms with Crippen molar-refractivity contribution in [1.82, 2.24) is 20.5 Å². The van der Waals surface area contributed by atoms with Gasteiger partial charge >= 0.3 is 0 Å². The standard InChI is InChI=1S/C11H12ClN5OS.2ClH/c12-10-9(16-8(19-10)3-4-13)11(18)14-6-7-2-1-5-15-17-7;;/h1-2,5H,3-4,6,13H2,(H,14,18);2*1H. The number of amides is 1. The predicted octanol–water partition coefficient (Wildman–Crippen LogP) is 1.86. The summed E-state index contributed by atoms with van der Waals surface area (Å²) in [6.45, 7) is 0.761. The Hall–Kier alpha value is -0.990. The second-order valence-electron chi connectivity index (χ2n) is 3.67. The van der Waals surface area contributed by atoms with Crippen LogP contribution in [0.25, 0.3) is 0 Å². The van der Waals surface area contributed by atoms with Gasteiger partial charge in [0.2, 0.25) is 0 Å². The number of hydrogen-bond donors (Lipinski definition) is 2. The van der Waals surface area contributed by atoms with E-state index in [1.165, 1.54) is 11.3 Å². The Morgan fingerprint density at radius 2 is 2.19 bits per heavy atom. The van der Waals surface area contributed by atoms with Crippen LogP contribution < -0.4 is 11.1 Å². The second kappa shape index (κ2) is 9.86. The summed E-state index contributed by atoms with van der Waals surface area (Å²) in [6, 6.07) is 3.53. The first-order chi connectivity index (χ1) is 9.20. The van der Waals surface area contributed by atoms with Crippen LogP contribution in [0, 0.1) is 0 Å². The van der Waals surface area contributed by atoms with E-state index < -0.39 is 0 Å². The van der Waals surface area contributed by atoms with Gasteiger partial charge in [0.15, 0.2) is 5.69 Å². The molecule has 0 spiro atoms. The second-order valence-corrected chi connectivity index (χ2v) is 5.35. The quantitative estimate of drug-likeness (QED) is 0.838. The van der Waals surface area contributed by atoms with Crippen molar-refractivity contribution in [3.8, 4) is 0 Å². The van der Waals surface area contributed by atoms with Gasteiger partial charge in [0.25, 0.3) is 5.91 Å². The summed E-state index contributed by atoms with van der Waals surface area (Å²) in [7, 11) is 0. The predicted molar refractivity (Wildman–Crippen MR) is 87.6 cm³/mol. The van der Waals surface area contributed by atoms with Crippen molar-refractivity contribution in [3.63, 3.8) is 0 Å². The summed E-state index contributed by atoms with van der Waals surface area (Å²) in [5.41, 5.74) is 6.34. The summed E-state index contributed by atoms with van der Waals surface area (Å²) in [5.74, 6) is -0.324. The van der Waals surface area contributed by atoms with Crippen molar-refractivity contribution in [1.29, 1.82) is 0 Å². The molecule has 0 radical (unpaired) electrons. The number of halogens is 3. The van der Waals surface area contributed by atoms with Crippen molar-refractivity contribution < 1.29 is 4.79 Å². The molecule has 2 aromatic heterocycles. The third kappa shape index (κ3) is 5.72. The fourth-order valence-corrected chi connectivity index (χ4v) is 2.59. The van der Waals surface area contributed by atoms with Crippen LogP contribution in [-0.4, -0.2) is 27.6 Å². The fraction of sp³-hybridized carbons (Fsp3) is 0.273. The van der Waals surface area contributed by atoms with Crippen LogP contribution in [0.3, 0.4) is 0 Å². The highest BCUT2D eigenvalue weighted by molar-refractivity contribution is 7.16. The molecule has 0 aromatic carbocycles. The number of nitrogens with two attached hydrogens (primary N) is 1. The van der Waals surface area contributed by atoms with Crippen molar-refractivity contribution >= 4 is 53.7 Å². The molecular formula is C11H14Cl3N5OS. The molecule has 0 aliphatic carbocycles. The first-order valence-electron chi connectivity index (χ1n) is 5.60. The number of rotatable bonds is 5. The zero-order valence-corrected chi connectivity index (χ0v) is 14.0. The highest BCUT2D eigenvalue weighted by Crippen LogP contribution is 2.24. The maximum absolute atomic E-state index is 11.9. The summed E-state index contributed by atoms with van der Waals surface area (Å²) < 4.78 is 0.375. The number of nitrogens with one attached hydrogen (secondary N) is 1. The van der Waals surface area contributed by atoms with Crippen LogP contribution in [-0.2, 0) is 13.0 Å². The number of hydrogen-bond acceptors (Lipinski definition) is 6. The van der Waals surface area contributed by atoms with E-state index >= 15 is 0 Å². The van der Waals surface area contributed by atoms with Gasteiger partial charge < -0.3 is 11.1 Å². The Bertz CT molecular complexity index is 566. The van der Waals surface area contributed by atoms with Crippen molar-refractivity contribution in [3.05, 3.63) is 39.1 Å². The lowest BCUT2D eigenvalue weighted by Gasteiger charge is -2.01. The van der Waals surface area contributed by atoms with Crippen LogP contribution in [0.2, 0.25) is 4.34 Å². The molecule has 0 unspecified atom stereocenters. The van der Waals surface area contributed by atoms with E-state index in [0.717, 1.165) is 5.01 Å². The zero-order chi connectivity index (χ0) is 13.7. The number of aromatic nitrogens is 3. The molecule has 1 amide bonds. The van der Waals surface area contributed by atoms with E-state index in [1.807, 2.05) is 0 Å². The Labute approximate surface area is 143 Å². The van der Waals surface area contributed by atoms with Crippen molar-refractivity contribution in [2.75, 3.05) is 6.54 Å².